The molecule has 6 nitrogen and oxygen atoms in total. The van der Waals surface area contributed by atoms with Crippen LogP contribution in [0.3, 0.4) is 0 Å². The van der Waals surface area contributed by atoms with E-state index in [9.17, 15) is 13.2 Å². The van der Waals surface area contributed by atoms with E-state index < -0.39 is 16.0 Å². The highest BCUT2D eigenvalue weighted by Crippen LogP contribution is 2.21. The van der Waals surface area contributed by atoms with E-state index >= 15 is 0 Å². The van der Waals surface area contributed by atoms with Crippen molar-refractivity contribution in [3.8, 4) is 0 Å². The highest BCUT2D eigenvalue weighted by Gasteiger charge is 2.22. The Balaban J connectivity index is 2.41. The number of aromatic nitrogens is 1. The maximum atomic E-state index is 12.3. The van der Waals surface area contributed by atoms with Crippen molar-refractivity contribution >= 4 is 21.7 Å². The van der Waals surface area contributed by atoms with Gasteiger partial charge in [-0.05, 0) is 32.0 Å². The van der Waals surface area contributed by atoms with Crippen LogP contribution in [0, 0.1) is 0 Å². The maximum Gasteiger partial charge on any atom is 0.352 e. The average Bonchev–Trinajstić information content (AvgIpc) is 2.85. The van der Waals surface area contributed by atoms with Gasteiger partial charge in [-0.2, -0.15) is 0 Å². The third-order valence-electron chi connectivity index (χ3n) is 2.94. The molecule has 0 amide bonds. The Bertz CT molecular complexity index is 749. The average molecular weight is 308 g/mol. The first-order valence-electron chi connectivity index (χ1n) is 6.34. The summed E-state index contributed by atoms with van der Waals surface area (Å²) in [7, 11) is -3.82. The topological polar surface area (TPSA) is 88.4 Å². The third kappa shape index (κ3) is 3.25. The number of aromatic carboxylic acids is 1. The number of nitrogens with zero attached hydrogens (tertiary/aromatic N) is 1. The van der Waals surface area contributed by atoms with E-state index in [0.717, 1.165) is 6.07 Å². The predicted molar refractivity (Wildman–Crippen MR) is 79.0 cm³/mol. The van der Waals surface area contributed by atoms with Crippen LogP contribution in [0.15, 0.2) is 47.5 Å². The fraction of sp³-hybridized carbons (Fsp3) is 0.214. The zero-order valence-electron chi connectivity index (χ0n) is 11.6. The molecule has 7 heteroatoms. The number of carboxylic acids is 1. The lowest BCUT2D eigenvalue weighted by Gasteiger charge is -2.09. The number of para-hydroxylation sites is 1. The molecule has 2 aromatic rings. The van der Waals surface area contributed by atoms with Crippen LogP contribution in [0.4, 0.5) is 5.69 Å². The van der Waals surface area contributed by atoms with E-state index in [0.29, 0.717) is 5.69 Å². The van der Waals surface area contributed by atoms with Crippen LogP contribution >= 0.6 is 0 Å². The molecular weight excluding hydrogens is 292 g/mol. The normalized spacial score (nSPS) is 11.6. The van der Waals surface area contributed by atoms with Crippen molar-refractivity contribution in [1.29, 1.82) is 0 Å². The summed E-state index contributed by atoms with van der Waals surface area (Å²) < 4.78 is 28.4. The number of nitrogens with one attached hydrogen (secondary N) is 1. The molecule has 0 aliphatic rings. The first kappa shape index (κ1) is 15.1. The second-order valence-corrected chi connectivity index (χ2v) is 6.52. The molecule has 0 saturated heterocycles. The zero-order valence-corrected chi connectivity index (χ0v) is 12.5. The first-order valence-corrected chi connectivity index (χ1v) is 7.82. The largest absolute Gasteiger partial charge is 0.477 e. The zero-order chi connectivity index (χ0) is 15.6. The van der Waals surface area contributed by atoms with Crippen molar-refractivity contribution < 1.29 is 18.3 Å². The molecule has 21 heavy (non-hydrogen) atoms. The number of hydrogen-bond acceptors (Lipinski definition) is 3. The Morgan fingerprint density at radius 1 is 1.24 bits per heavy atom. The quantitative estimate of drug-likeness (QED) is 0.888. The molecule has 0 saturated carbocycles. The number of benzene rings is 1. The Morgan fingerprint density at radius 2 is 1.86 bits per heavy atom. The minimum absolute atomic E-state index is 0.0570. The van der Waals surface area contributed by atoms with Crippen molar-refractivity contribution in [3.63, 3.8) is 0 Å². The van der Waals surface area contributed by atoms with Gasteiger partial charge in [-0.25, -0.2) is 13.2 Å². The molecule has 112 valence electrons. The Morgan fingerprint density at radius 3 is 2.33 bits per heavy atom. The number of hydrogen-bond donors (Lipinski definition) is 2. The van der Waals surface area contributed by atoms with E-state index in [-0.39, 0.29) is 16.6 Å². The fourth-order valence-corrected chi connectivity index (χ4v) is 3.00. The van der Waals surface area contributed by atoms with E-state index in [1.165, 1.54) is 10.8 Å². The van der Waals surface area contributed by atoms with Gasteiger partial charge in [-0.3, -0.25) is 4.72 Å². The molecular formula is C14H16N2O4S. The van der Waals surface area contributed by atoms with Crippen LogP contribution in [0.2, 0.25) is 0 Å². The number of sulfonamides is 1. The summed E-state index contributed by atoms with van der Waals surface area (Å²) >= 11 is 0. The lowest BCUT2D eigenvalue weighted by Crippen LogP contribution is -2.12. The summed E-state index contributed by atoms with van der Waals surface area (Å²) in [6.45, 7) is 3.57. The molecule has 0 atom stereocenters. The molecule has 0 aliphatic heterocycles. The molecule has 0 unspecified atom stereocenters. The lowest BCUT2D eigenvalue weighted by molar-refractivity contribution is 0.0683. The monoisotopic (exact) mass is 308 g/mol. The van der Waals surface area contributed by atoms with Gasteiger partial charge in [0.15, 0.2) is 0 Å². The van der Waals surface area contributed by atoms with E-state index in [1.54, 1.807) is 44.2 Å². The van der Waals surface area contributed by atoms with Gasteiger partial charge in [-0.1, -0.05) is 18.2 Å². The summed E-state index contributed by atoms with van der Waals surface area (Å²) in [4.78, 5) is 11.1. The summed E-state index contributed by atoms with van der Waals surface area (Å²) in [5, 5.41) is 9.15. The number of anilines is 1. The van der Waals surface area contributed by atoms with Crippen LogP contribution < -0.4 is 4.72 Å². The Kier molecular flexibility index (Phi) is 4.04. The highest BCUT2D eigenvalue weighted by atomic mass is 32.2. The summed E-state index contributed by atoms with van der Waals surface area (Å²) in [5.41, 5.74) is 0.366. The van der Waals surface area contributed by atoms with Crippen molar-refractivity contribution in [1.82, 2.24) is 4.57 Å². The molecule has 0 aliphatic carbocycles. The molecule has 0 radical (unpaired) electrons. The molecule has 2 N–H and O–H groups in total. The van der Waals surface area contributed by atoms with Gasteiger partial charge in [0.05, 0.1) is 0 Å². The van der Waals surface area contributed by atoms with Gasteiger partial charge in [0.2, 0.25) is 0 Å². The van der Waals surface area contributed by atoms with E-state index in [4.69, 9.17) is 5.11 Å². The van der Waals surface area contributed by atoms with Crippen LogP contribution in [0.25, 0.3) is 0 Å². The van der Waals surface area contributed by atoms with Gasteiger partial charge in [0.25, 0.3) is 10.0 Å². The first-order chi connectivity index (χ1) is 9.81. The van der Waals surface area contributed by atoms with Gasteiger partial charge in [0, 0.05) is 17.9 Å². The number of carbonyl (C=O) groups is 1. The van der Waals surface area contributed by atoms with E-state index in [2.05, 4.69) is 4.72 Å². The van der Waals surface area contributed by atoms with Crippen LogP contribution in [-0.4, -0.2) is 24.1 Å². The molecule has 0 fully saturated rings. The molecule has 1 aromatic heterocycles. The van der Waals surface area contributed by atoms with Crippen molar-refractivity contribution in [2.75, 3.05) is 4.72 Å². The van der Waals surface area contributed by atoms with Crippen LogP contribution in [0.1, 0.15) is 30.4 Å². The minimum atomic E-state index is -3.82. The maximum absolute atomic E-state index is 12.3. The second-order valence-electron chi connectivity index (χ2n) is 4.84. The van der Waals surface area contributed by atoms with Gasteiger partial charge in [0.1, 0.15) is 10.6 Å². The number of rotatable bonds is 5. The van der Waals surface area contributed by atoms with E-state index in [1.807, 2.05) is 0 Å². The molecule has 1 heterocycles. The highest BCUT2D eigenvalue weighted by molar-refractivity contribution is 7.92. The predicted octanol–water partition coefficient (Wildman–Crippen LogP) is 2.57. The fourth-order valence-electron chi connectivity index (χ4n) is 1.92. The van der Waals surface area contributed by atoms with Crippen molar-refractivity contribution in [2.24, 2.45) is 0 Å². The van der Waals surface area contributed by atoms with Crippen LogP contribution in [-0.2, 0) is 10.0 Å². The molecule has 0 bridgehead atoms. The van der Waals surface area contributed by atoms with Crippen LogP contribution in [0.5, 0.6) is 0 Å². The molecule has 0 spiro atoms. The summed E-state index contributed by atoms with van der Waals surface area (Å²) in [5.74, 6) is -1.16. The molecule has 2 rings (SSSR count). The third-order valence-corrected chi connectivity index (χ3v) is 4.28. The Hall–Kier alpha value is -2.28. The van der Waals surface area contributed by atoms with Crippen molar-refractivity contribution in [3.05, 3.63) is 48.3 Å². The van der Waals surface area contributed by atoms with Crippen molar-refractivity contribution in [2.45, 2.75) is 24.8 Å². The Labute approximate surface area is 123 Å². The van der Waals surface area contributed by atoms with Gasteiger partial charge in [-0.15, -0.1) is 0 Å². The SMILES string of the molecule is CC(C)n1cc(S(=O)(=O)Nc2ccccc2)cc1C(=O)O. The summed E-state index contributed by atoms with van der Waals surface area (Å²) in [6.07, 6.45) is 1.33. The van der Waals surface area contributed by atoms with Gasteiger partial charge >= 0.3 is 5.97 Å². The summed E-state index contributed by atoms with van der Waals surface area (Å²) in [6, 6.07) is 9.43. The molecule has 1 aromatic carbocycles. The standard InChI is InChI=1S/C14H16N2O4S/c1-10(2)16-9-12(8-13(16)14(17)18)21(19,20)15-11-6-4-3-5-7-11/h3-10,15H,1-2H3,(H,17,18). The number of carboxylic acid groups (broad SMARTS) is 1. The lowest BCUT2D eigenvalue weighted by atomic mass is 10.3. The smallest absolute Gasteiger partial charge is 0.352 e. The minimum Gasteiger partial charge on any atom is -0.477 e. The van der Waals surface area contributed by atoms with Gasteiger partial charge < -0.3 is 9.67 Å². The second kappa shape index (κ2) is 5.61.